The number of nitro benzene ring substituents is 1. The number of benzene rings is 3. The summed E-state index contributed by atoms with van der Waals surface area (Å²) >= 11 is 0. The molecule has 5 aromatic rings. The van der Waals surface area contributed by atoms with Gasteiger partial charge in [-0.25, -0.2) is 0 Å². The van der Waals surface area contributed by atoms with Crippen molar-refractivity contribution in [3.63, 3.8) is 0 Å². The number of aliphatic hydroxyl groups excluding tert-OH is 1. The number of hydrogen-bond acceptors (Lipinski definition) is 9. The SMILES string of the molecule is C[C@H]1[C@H]([Si](C)(C)F)[C@@H](CCn2cc(CCO)nn2)O[C@]12C(=O)N(Cc1cccc(-n3ncc4ccccc4c3=O)c1)c1ccc([N+](=O)[O-])cc12. The van der Waals surface area contributed by atoms with Crippen LogP contribution < -0.4 is 10.5 Å². The van der Waals surface area contributed by atoms with Gasteiger partial charge in [0.2, 0.25) is 8.41 Å². The molecule has 50 heavy (non-hydrogen) atoms. The first-order valence-corrected chi connectivity index (χ1v) is 19.4. The maximum absolute atomic E-state index is 16.3. The Morgan fingerprint density at radius 1 is 1.10 bits per heavy atom. The molecule has 0 aliphatic carbocycles. The number of carbonyl (C=O) groups is 1. The van der Waals surface area contributed by atoms with Crippen molar-refractivity contribution in [3.05, 3.63) is 116 Å². The van der Waals surface area contributed by atoms with Crippen LogP contribution in [0.2, 0.25) is 18.6 Å². The lowest BCUT2D eigenvalue weighted by atomic mass is 9.82. The van der Waals surface area contributed by atoms with Crippen molar-refractivity contribution >= 4 is 36.5 Å². The highest BCUT2D eigenvalue weighted by Gasteiger charge is 2.66. The number of hydrogen-bond donors (Lipinski definition) is 1. The average Bonchev–Trinajstić information content (AvgIpc) is 3.74. The van der Waals surface area contributed by atoms with Gasteiger partial charge in [0.1, 0.15) is 0 Å². The third-order valence-electron chi connectivity index (χ3n) is 9.94. The fraction of sp³-hybridized carbons (Fsp3) is 0.343. The van der Waals surface area contributed by atoms with E-state index in [4.69, 9.17) is 4.74 Å². The molecule has 4 heterocycles. The number of halogens is 1. The zero-order valence-electron chi connectivity index (χ0n) is 27.8. The van der Waals surface area contributed by atoms with E-state index in [1.165, 1.54) is 21.7 Å². The van der Waals surface area contributed by atoms with Gasteiger partial charge in [-0.1, -0.05) is 42.5 Å². The molecular weight excluding hydrogens is 662 g/mol. The minimum Gasteiger partial charge on any atom is -0.396 e. The van der Waals surface area contributed by atoms with Gasteiger partial charge in [0.15, 0.2) is 5.60 Å². The van der Waals surface area contributed by atoms with Crippen LogP contribution in [0.15, 0.2) is 83.9 Å². The zero-order chi connectivity index (χ0) is 35.4. The number of ether oxygens (including phenoxy) is 1. The first-order valence-electron chi connectivity index (χ1n) is 16.5. The highest BCUT2D eigenvalue weighted by atomic mass is 28.4. The number of aromatic nitrogens is 5. The van der Waals surface area contributed by atoms with Crippen molar-refractivity contribution in [2.75, 3.05) is 11.5 Å². The molecule has 0 saturated carbocycles. The van der Waals surface area contributed by atoms with Crippen LogP contribution >= 0.6 is 0 Å². The van der Waals surface area contributed by atoms with Crippen LogP contribution in [-0.4, -0.2) is 61.8 Å². The van der Waals surface area contributed by atoms with E-state index < -0.39 is 42.4 Å². The first kappa shape index (κ1) is 33.4. The van der Waals surface area contributed by atoms with Crippen LogP contribution in [0.25, 0.3) is 16.5 Å². The van der Waals surface area contributed by atoms with Crippen LogP contribution in [0.3, 0.4) is 0 Å². The Bertz CT molecular complexity index is 2180. The van der Waals surface area contributed by atoms with Gasteiger partial charge in [-0.2, -0.15) is 9.78 Å². The monoisotopic (exact) mass is 697 g/mol. The second-order valence-corrected chi connectivity index (χ2v) is 17.3. The van der Waals surface area contributed by atoms with Crippen molar-refractivity contribution in [1.82, 2.24) is 24.8 Å². The van der Waals surface area contributed by atoms with Crippen LogP contribution in [-0.2, 0) is 34.6 Å². The molecule has 1 fully saturated rings. The number of anilines is 1. The quantitative estimate of drug-likeness (QED) is 0.0934. The lowest BCUT2D eigenvalue weighted by molar-refractivity contribution is -0.385. The smallest absolute Gasteiger partial charge is 0.279 e. The maximum Gasteiger partial charge on any atom is 0.279 e. The molecule has 15 heteroatoms. The number of nitro groups is 1. The average molecular weight is 698 g/mol. The van der Waals surface area contributed by atoms with Gasteiger partial charge in [0.25, 0.3) is 17.2 Å². The molecule has 1 spiro atoms. The Morgan fingerprint density at radius 3 is 2.66 bits per heavy atom. The van der Waals surface area contributed by atoms with E-state index in [-0.39, 0.29) is 24.4 Å². The van der Waals surface area contributed by atoms with Gasteiger partial charge in [0, 0.05) is 60.3 Å². The lowest BCUT2D eigenvalue weighted by Gasteiger charge is -2.31. The molecule has 0 radical (unpaired) electrons. The number of fused-ring (bicyclic) bond motifs is 3. The standard InChI is InChI=1S/C35H36FN7O6Si/c1-22-32(50(2,3)36)31(13-15-40-21-25(14-16-44)38-39-40)49-35(22)29-18-27(43(47)48)11-12-30(29)41(34(35)46)20-23-7-6-9-26(17-23)42-33(45)28-10-5-4-8-24(28)19-37-42/h4-12,17-19,21-22,31-32,44H,13-16,20H2,1-3H3/t22-,31+,32-,35+/m0/s1. The molecule has 4 atom stereocenters. The summed E-state index contributed by atoms with van der Waals surface area (Å²) in [6, 6.07) is 18.6. The molecule has 2 aromatic heterocycles. The van der Waals surface area contributed by atoms with E-state index in [1.807, 2.05) is 18.2 Å². The predicted molar refractivity (Wildman–Crippen MR) is 185 cm³/mol. The van der Waals surface area contributed by atoms with Crippen molar-refractivity contribution in [3.8, 4) is 5.69 Å². The molecule has 13 nitrogen and oxygen atoms in total. The number of amides is 1. The van der Waals surface area contributed by atoms with Gasteiger partial charge < -0.3 is 18.9 Å². The second kappa shape index (κ2) is 12.6. The van der Waals surface area contributed by atoms with E-state index in [9.17, 15) is 24.8 Å². The summed E-state index contributed by atoms with van der Waals surface area (Å²) in [6.07, 6.45) is 3.33. The lowest BCUT2D eigenvalue weighted by Crippen LogP contribution is -2.45. The van der Waals surface area contributed by atoms with Crippen LogP contribution in [0.5, 0.6) is 0 Å². The van der Waals surface area contributed by atoms with E-state index in [2.05, 4.69) is 15.4 Å². The molecule has 7 rings (SSSR count). The molecule has 0 bridgehead atoms. The Labute approximate surface area is 287 Å². The molecule has 0 unspecified atom stereocenters. The third-order valence-corrected chi connectivity index (χ3v) is 12.4. The highest BCUT2D eigenvalue weighted by molar-refractivity contribution is 6.72. The first-order chi connectivity index (χ1) is 23.9. The van der Waals surface area contributed by atoms with Crippen molar-refractivity contribution in [1.29, 1.82) is 0 Å². The number of nitrogens with zero attached hydrogens (tertiary/aromatic N) is 7. The van der Waals surface area contributed by atoms with Crippen molar-refractivity contribution in [2.45, 2.75) is 63.2 Å². The summed E-state index contributed by atoms with van der Waals surface area (Å²) in [4.78, 5) is 41.1. The fourth-order valence-electron chi connectivity index (χ4n) is 7.76. The summed E-state index contributed by atoms with van der Waals surface area (Å²) in [5, 5.41) is 35.0. The summed E-state index contributed by atoms with van der Waals surface area (Å²) in [7, 11) is -3.49. The van der Waals surface area contributed by atoms with Crippen molar-refractivity contribution in [2.24, 2.45) is 5.92 Å². The minimum absolute atomic E-state index is 0.0655. The Hall–Kier alpha value is -5.12. The maximum atomic E-state index is 16.3. The van der Waals surface area contributed by atoms with Crippen LogP contribution in [0.4, 0.5) is 15.5 Å². The summed E-state index contributed by atoms with van der Waals surface area (Å²) < 4.78 is 26.0. The topological polar surface area (TPSA) is 159 Å². The van der Waals surface area contributed by atoms with Gasteiger partial charge in [-0.15, -0.1) is 5.10 Å². The number of rotatable bonds is 10. The highest BCUT2D eigenvalue weighted by Crippen LogP contribution is 2.60. The largest absolute Gasteiger partial charge is 0.396 e. The Kier molecular flexibility index (Phi) is 8.44. The Morgan fingerprint density at radius 2 is 1.90 bits per heavy atom. The molecule has 2 aliphatic heterocycles. The second-order valence-electron chi connectivity index (χ2n) is 13.5. The van der Waals surface area contributed by atoms with Crippen LogP contribution in [0, 0.1) is 16.0 Å². The van der Waals surface area contributed by atoms with Gasteiger partial charge in [-0.05, 0) is 49.3 Å². The molecular formula is C35H36FN7O6Si. The molecule has 1 N–H and O–H groups in total. The summed E-state index contributed by atoms with van der Waals surface area (Å²) in [5.41, 5.74) is -0.168. The molecule has 3 aromatic carbocycles. The van der Waals surface area contributed by atoms with Crippen LogP contribution in [0.1, 0.15) is 30.2 Å². The van der Waals surface area contributed by atoms with E-state index in [0.29, 0.717) is 53.0 Å². The molecule has 258 valence electrons. The van der Waals surface area contributed by atoms with Gasteiger partial charge in [-0.3, -0.25) is 24.4 Å². The number of non-ortho nitro benzene ring substituents is 1. The summed E-state index contributed by atoms with van der Waals surface area (Å²) in [6.45, 7) is 5.33. The van der Waals surface area contributed by atoms with Gasteiger partial charge >= 0.3 is 0 Å². The zero-order valence-corrected chi connectivity index (χ0v) is 28.8. The number of carbonyl (C=O) groups excluding carboxylic acids is 1. The van der Waals surface area contributed by atoms with E-state index >= 15 is 4.11 Å². The number of aliphatic hydroxyl groups is 1. The third kappa shape index (κ3) is 5.60. The minimum atomic E-state index is -3.49. The predicted octanol–water partition coefficient (Wildman–Crippen LogP) is 4.83. The number of aryl methyl sites for hydroxylation is 1. The van der Waals surface area contributed by atoms with Crippen molar-refractivity contribution < 1.29 is 23.7 Å². The Balaban J connectivity index is 1.25. The van der Waals surface area contributed by atoms with E-state index in [1.54, 1.807) is 73.5 Å². The fourth-order valence-corrected chi connectivity index (χ4v) is 10.3. The van der Waals surface area contributed by atoms with E-state index in [0.717, 1.165) is 5.39 Å². The molecule has 1 amide bonds. The molecule has 2 aliphatic rings. The van der Waals surface area contributed by atoms with Gasteiger partial charge in [0.05, 0.1) is 46.2 Å². The molecule has 1 saturated heterocycles. The summed E-state index contributed by atoms with van der Waals surface area (Å²) in [5.74, 6) is -1.08. The normalized spacial score (nSPS) is 21.7.